The largest absolute Gasteiger partial charge is 0.476 e. The van der Waals surface area contributed by atoms with Crippen LogP contribution >= 0.6 is 0 Å². The van der Waals surface area contributed by atoms with Gasteiger partial charge >= 0.3 is 5.97 Å². The van der Waals surface area contributed by atoms with Crippen molar-refractivity contribution in [3.8, 4) is 17.4 Å². The van der Waals surface area contributed by atoms with Crippen LogP contribution in [0.3, 0.4) is 0 Å². The van der Waals surface area contributed by atoms with E-state index in [1.54, 1.807) is 24.3 Å². The van der Waals surface area contributed by atoms with E-state index in [0.29, 0.717) is 17.2 Å². The lowest BCUT2D eigenvalue weighted by Gasteiger charge is -2.04. The van der Waals surface area contributed by atoms with Gasteiger partial charge in [0, 0.05) is 24.0 Å². The molecule has 25 heavy (non-hydrogen) atoms. The van der Waals surface area contributed by atoms with E-state index < -0.39 is 11.9 Å². The Bertz CT molecular complexity index is 974. The van der Waals surface area contributed by atoms with E-state index in [0.717, 1.165) is 0 Å². The molecule has 3 aromatic rings. The zero-order valence-electron chi connectivity index (χ0n) is 12.6. The first-order chi connectivity index (χ1) is 12.1. The zero-order valence-corrected chi connectivity index (χ0v) is 12.6. The van der Waals surface area contributed by atoms with Gasteiger partial charge in [0.2, 0.25) is 12.7 Å². The molecule has 1 aliphatic heterocycles. The predicted octanol–water partition coefficient (Wildman–Crippen LogP) is 2.14. The van der Waals surface area contributed by atoms with Crippen molar-refractivity contribution in [3.05, 3.63) is 54.3 Å². The number of amides is 1. The molecule has 4 rings (SSSR count). The van der Waals surface area contributed by atoms with E-state index in [-0.39, 0.29) is 24.1 Å². The summed E-state index contributed by atoms with van der Waals surface area (Å²) < 4.78 is 17.3. The number of carbonyl (C=O) groups excluding carboxylic acids is 1. The number of rotatable bonds is 4. The number of aromatic carboxylic acids is 1. The molecule has 0 spiro atoms. The van der Waals surface area contributed by atoms with Crippen LogP contribution in [-0.4, -0.2) is 33.3 Å². The van der Waals surface area contributed by atoms with Crippen LogP contribution in [0.25, 0.3) is 5.88 Å². The number of imidazole rings is 1. The summed E-state index contributed by atoms with van der Waals surface area (Å²) in [4.78, 5) is 26.9. The number of anilines is 1. The molecule has 0 atom stereocenters. The molecule has 0 fully saturated rings. The summed E-state index contributed by atoms with van der Waals surface area (Å²) in [6.45, 7) is 0.150. The average molecular weight is 341 g/mol. The smallest absolute Gasteiger partial charge is 0.356 e. The van der Waals surface area contributed by atoms with Crippen molar-refractivity contribution >= 4 is 17.6 Å². The highest BCUT2D eigenvalue weighted by Gasteiger charge is 2.17. The molecular formula is C16H11N3O6. The molecule has 2 N–H and O–H groups in total. The molecule has 1 aliphatic rings. The Hall–Kier alpha value is -3.75. The lowest BCUT2D eigenvalue weighted by molar-refractivity contribution is 0.0690. The molecular weight excluding hydrogens is 330 g/mol. The number of aromatic nitrogens is 2. The third-order valence-electron chi connectivity index (χ3n) is 3.50. The Morgan fingerprint density at radius 2 is 2.00 bits per heavy atom. The number of hydrogen-bond acceptors (Lipinski definition) is 6. The van der Waals surface area contributed by atoms with Gasteiger partial charge in [-0.2, -0.15) is 0 Å². The Kier molecular flexibility index (Phi) is 3.38. The molecule has 0 bridgehead atoms. The fourth-order valence-corrected chi connectivity index (χ4v) is 2.31. The molecule has 0 unspecified atom stereocenters. The number of fused-ring (bicyclic) bond motifs is 1. The van der Waals surface area contributed by atoms with Crippen LogP contribution in [0.15, 0.2) is 47.3 Å². The molecule has 2 aromatic heterocycles. The van der Waals surface area contributed by atoms with Gasteiger partial charge < -0.3 is 24.3 Å². The normalized spacial score (nSPS) is 12.2. The van der Waals surface area contributed by atoms with Gasteiger partial charge in [0.1, 0.15) is 6.33 Å². The molecule has 1 amide bonds. The first-order valence-corrected chi connectivity index (χ1v) is 7.18. The number of nitrogens with one attached hydrogen (secondary N) is 1. The fourth-order valence-electron chi connectivity index (χ4n) is 2.31. The van der Waals surface area contributed by atoms with Crippen LogP contribution in [0.1, 0.15) is 21.0 Å². The maximum Gasteiger partial charge on any atom is 0.356 e. The van der Waals surface area contributed by atoms with Crippen molar-refractivity contribution in [2.75, 3.05) is 12.1 Å². The second-order valence-electron chi connectivity index (χ2n) is 5.13. The molecule has 0 saturated heterocycles. The van der Waals surface area contributed by atoms with E-state index in [1.807, 2.05) is 0 Å². The predicted molar refractivity (Wildman–Crippen MR) is 83.3 cm³/mol. The lowest BCUT2D eigenvalue weighted by Crippen LogP contribution is -2.10. The van der Waals surface area contributed by atoms with Crippen LogP contribution in [0, 0.1) is 0 Å². The number of furan rings is 1. The summed E-state index contributed by atoms with van der Waals surface area (Å²) in [5, 5.41) is 11.6. The zero-order chi connectivity index (χ0) is 17.4. The Balaban J connectivity index is 1.51. The maximum absolute atomic E-state index is 12.3. The SMILES string of the molecule is O=C(O)c1cn(-c2ccc(C(=O)Nc3ccc4c(c3)OCO4)o2)cn1. The summed E-state index contributed by atoms with van der Waals surface area (Å²) in [6, 6.07) is 8.06. The molecule has 0 aliphatic carbocycles. The van der Waals surface area contributed by atoms with Crippen LogP contribution in [-0.2, 0) is 0 Å². The number of benzene rings is 1. The maximum atomic E-state index is 12.3. The molecule has 0 saturated carbocycles. The average Bonchev–Trinajstić information content (AvgIpc) is 3.33. The highest BCUT2D eigenvalue weighted by atomic mass is 16.7. The van der Waals surface area contributed by atoms with E-state index in [1.165, 1.54) is 23.2 Å². The van der Waals surface area contributed by atoms with Crippen molar-refractivity contribution < 1.29 is 28.6 Å². The molecule has 1 aromatic carbocycles. The van der Waals surface area contributed by atoms with Crippen molar-refractivity contribution in [2.24, 2.45) is 0 Å². The summed E-state index contributed by atoms with van der Waals surface area (Å²) in [6.07, 6.45) is 2.59. The van der Waals surface area contributed by atoms with E-state index in [2.05, 4.69) is 10.3 Å². The standard InChI is InChI=1S/C16H11N3O6/c20-15(18-9-1-2-11-13(5-9)24-8-23-11)12-3-4-14(25-12)19-6-10(16(21)22)17-7-19/h1-7H,8H2,(H,18,20)(H,21,22). The van der Waals surface area contributed by atoms with Gasteiger partial charge in [-0.25, -0.2) is 9.78 Å². The Morgan fingerprint density at radius 1 is 1.16 bits per heavy atom. The summed E-state index contributed by atoms with van der Waals surface area (Å²) in [7, 11) is 0. The van der Waals surface area contributed by atoms with E-state index in [9.17, 15) is 9.59 Å². The Labute approximate surface area is 140 Å². The molecule has 3 heterocycles. The fraction of sp³-hybridized carbons (Fsp3) is 0.0625. The van der Waals surface area contributed by atoms with Gasteiger partial charge in [-0.3, -0.25) is 9.36 Å². The second kappa shape index (κ2) is 5.71. The van der Waals surface area contributed by atoms with Crippen molar-refractivity contribution in [2.45, 2.75) is 0 Å². The number of ether oxygens (including phenoxy) is 2. The highest BCUT2D eigenvalue weighted by Crippen LogP contribution is 2.34. The first-order valence-electron chi connectivity index (χ1n) is 7.18. The quantitative estimate of drug-likeness (QED) is 0.747. The second-order valence-corrected chi connectivity index (χ2v) is 5.13. The van der Waals surface area contributed by atoms with Crippen LogP contribution < -0.4 is 14.8 Å². The monoisotopic (exact) mass is 341 g/mol. The third-order valence-corrected chi connectivity index (χ3v) is 3.50. The summed E-state index contributed by atoms with van der Waals surface area (Å²) in [5.41, 5.74) is 0.408. The third kappa shape index (κ3) is 2.78. The Morgan fingerprint density at radius 3 is 2.80 bits per heavy atom. The van der Waals surface area contributed by atoms with Gasteiger partial charge in [0.15, 0.2) is 23.0 Å². The lowest BCUT2D eigenvalue weighted by atomic mass is 10.2. The summed E-state index contributed by atoms with van der Waals surface area (Å²) >= 11 is 0. The number of carboxylic acids is 1. The van der Waals surface area contributed by atoms with Gasteiger partial charge in [0.25, 0.3) is 5.91 Å². The molecule has 9 heteroatoms. The first kappa shape index (κ1) is 14.8. The van der Waals surface area contributed by atoms with Crippen LogP contribution in [0.4, 0.5) is 5.69 Å². The highest BCUT2D eigenvalue weighted by molar-refractivity contribution is 6.02. The van der Waals surface area contributed by atoms with E-state index >= 15 is 0 Å². The van der Waals surface area contributed by atoms with E-state index in [4.69, 9.17) is 19.0 Å². The number of carboxylic acid groups (broad SMARTS) is 1. The topological polar surface area (TPSA) is 116 Å². The summed E-state index contributed by atoms with van der Waals surface area (Å²) in [5.74, 6) is -0.0889. The van der Waals surface area contributed by atoms with Gasteiger partial charge in [-0.1, -0.05) is 0 Å². The van der Waals surface area contributed by atoms with Crippen molar-refractivity contribution in [1.82, 2.24) is 9.55 Å². The number of carbonyl (C=O) groups is 2. The minimum absolute atomic E-state index is 0.0678. The van der Waals surface area contributed by atoms with Crippen LogP contribution in [0.5, 0.6) is 11.5 Å². The van der Waals surface area contributed by atoms with Crippen molar-refractivity contribution in [1.29, 1.82) is 0 Å². The number of nitrogens with zero attached hydrogens (tertiary/aromatic N) is 2. The number of hydrogen-bond donors (Lipinski definition) is 2. The van der Waals surface area contributed by atoms with Crippen LogP contribution in [0.2, 0.25) is 0 Å². The van der Waals surface area contributed by atoms with Crippen molar-refractivity contribution in [3.63, 3.8) is 0 Å². The molecule has 9 nitrogen and oxygen atoms in total. The minimum Gasteiger partial charge on any atom is -0.476 e. The molecule has 0 radical (unpaired) electrons. The molecule has 126 valence electrons. The van der Waals surface area contributed by atoms with Gasteiger partial charge in [-0.05, 0) is 18.2 Å². The minimum atomic E-state index is -1.15. The van der Waals surface area contributed by atoms with Gasteiger partial charge in [0.05, 0.1) is 0 Å². The van der Waals surface area contributed by atoms with Gasteiger partial charge in [-0.15, -0.1) is 0 Å².